The van der Waals surface area contributed by atoms with Crippen LogP contribution in [-0.2, 0) is 4.74 Å². The van der Waals surface area contributed by atoms with Crippen molar-refractivity contribution >= 4 is 0 Å². The van der Waals surface area contributed by atoms with Crippen molar-refractivity contribution in [2.75, 3.05) is 26.3 Å². The van der Waals surface area contributed by atoms with E-state index in [1.807, 2.05) is 0 Å². The molecule has 1 aliphatic heterocycles. The quantitative estimate of drug-likeness (QED) is 0.396. The van der Waals surface area contributed by atoms with Crippen molar-refractivity contribution in [3.05, 3.63) is 0 Å². The molecule has 0 bridgehead atoms. The van der Waals surface area contributed by atoms with Crippen LogP contribution in [0.15, 0.2) is 0 Å². The van der Waals surface area contributed by atoms with Crippen LogP contribution in [0, 0.1) is 0 Å². The van der Waals surface area contributed by atoms with Crippen LogP contribution in [0.4, 0.5) is 0 Å². The molecule has 0 aromatic heterocycles. The van der Waals surface area contributed by atoms with E-state index in [9.17, 15) is 0 Å². The van der Waals surface area contributed by atoms with Crippen molar-refractivity contribution in [2.24, 2.45) is 0 Å². The highest BCUT2D eigenvalue weighted by molar-refractivity contribution is 4.32. The van der Waals surface area contributed by atoms with Gasteiger partial charge in [0.15, 0.2) is 0 Å². The predicted octanol–water partition coefficient (Wildman–Crippen LogP) is -4.71. The van der Waals surface area contributed by atoms with Crippen LogP contribution in [0.25, 0.3) is 0 Å². The normalized spacial score (nSPS) is 22.1. The van der Waals surface area contributed by atoms with Gasteiger partial charge in [-0.15, -0.1) is 0 Å². The number of hydrogen-bond acceptors (Lipinski definition) is 2. The Balaban J connectivity index is 0.000000490. The van der Waals surface area contributed by atoms with Gasteiger partial charge in [0.05, 0.1) is 13.2 Å². The largest absolute Gasteiger partial charge is 1.00 e. The molecule has 50 valence electrons. The Morgan fingerprint density at radius 1 is 1.25 bits per heavy atom. The summed E-state index contributed by atoms with van der Waals surface area (Å²) >= 11 is 0. The first kappa shape index (κ1) is 8.36. The fraction of sp³-hybridized carbons (Fsp3) is 1.00. The smallest absolute Gasteiger partial charge is 0.130 e. The maximum Gasteiger partial charge on any atom is 0.130 e. The number of quaternary nitrogens is 1. The molecule has 2 N–H and O–H groups in total. The molecular weight excluding hydrogens is 174 g/mol. The second kappa shape index (κ2) is 4.26. The van der Waals surface area contributed by atoms with Gasteiger partial charge in [-0.25, -0.2) is 5.21 Å². The highest BCUT2D eigenvalue weighted by atomic mass is 79.9. The Bertz CT molecular complexity index is 56.0. The zero-order valence-corrected chi connectivity index (χ0v) is 6.15. The molecule has 1 saturated heterocycles. The molecule has 1 heterocycles. The lowest BCUT2D eigenvalue weighted by atomic mass is 10.5. The number of rotatable bonds is 0. The van der Waals surface area contributed by atoms with Gasteiger partial charge < -0.3 is 21.7 Å². The SMILES string of the molecule is O[NH+]1CCOCC1.[Br-]. The molecule has 0 amide bonds. The lowest BCUT2D eigenvalue weighted by Crippen LogP contribution is -3.11. The fourth-order valence-electron chi connectivity index (χ4n) is 0.607. The van der Waals surface area contributed by atoms with Crippen molar-refractivity contribution in [3.63, 3.8) is 0 Å². The monoisotopic (exact) mass is 183 g/mol. The van der Waals surface area contributed by atoms with Gasteiger partial charge in [-0.2, -0.15) is 5.06 Å². The number of halogens is 1. The van der Waals surface area contributed by atoms with Crippen LogP contribution in [-0.4, -0.2) is 31.5 Å². The molecule has 0 aromatic rings. The van der Waals surface area contributed by atoms with E-state index in [0.29, 0.717) is 18.3 Å². The van der Waals surface area contributed by atoms with Gasteiger partial charge in [0.2, 0.25) is 0 Å². The zero-order chi connectivity index (χ0) is 5.11. The average molecular weight is 184 g/mol. The molecule has 1 fully saturated rings. The third kappa shape index (κ3) is 2.61. The summed E-state index contributed by atoms with van der Waals surface area (Å²) < 4.78 is 4.96. The van der Waals surface area contributed by atoms with Crippen LogP contribution in [0.5, 0.6) is 0 Å². The van der Waals surface area contributed by atoms with Crippen molar-refractivity contribution in [1.82, 2.24) is 0 Å². The molecule has 0 unspecified atom stereocenters. The van der Waals surface area contributed by atoms with E-state index in [4.69, 9.17) is 9.94 Å². The summed E-state index contributed by atoms with van der Waals surface area (Å²) in [7, 11) is 0. The molecule has 8 heavy (non-hydrogen) atoms. The van der Waals surface area contributed by atoms with E-state index >= 15 is 0 Å². The minimum atomic E-state index is 0. The summed E-state index contributed by atoms with van der Waals surface area (Å²) in [5.74, 6) is 0. The number of morpholine rings is 1. The van der Waals surface area contributed by atoms with E-state index in [-0.39, 0.29) is 17.0 Å². The molecule has 0 saturated carbocycles. The molecule has 0 radical (unpaired) electrons. The molecule has 3 nitrogen and oxygen atoms in total. The standard InChI is InChI=1S/C4H9NO2.BrH/c6-5-1-3-7-4-2-5;/h6H,1-4H2;1H. The van der Waals surface area contributed by atoms with Gasteiger partial charge in [0, 0.05) is 0 Å². The molecular formula is C4H10BrNO2. The Kier molecular flexibility index (Phi) is 4.45. The lowest BCUT2D eigenvalue weighted by Gasteiger charge is -2.15. The number of nitrogens with one attached hydrogen (secondary N) is 1. The summed E-state index contributed by atoms with van der Waals surface area (Å²) in [5.41, 5.74) is 0. The minimum absolute atomic E-state index is 0. The average Bonchev–Trinajstić information content (AvgIpc) is 1.69. The maximum atomic E-state index is 8.75. The second-order valence-corrected chi connectivity index (χ2v) is 1.68. The van der Waals surface area contributed by atoms with Crippen LogP contribution in [0.1, 0.15) is 0 Å². The van der Waals surface area contributed by atoms with E-state index in [2.05, 4.69) is 0 Å². The summed E-state index contributed by atoms with van der Waals surface area (Å²) in [6.07, 6.45) is 0. The van der Waals surface area contributed by atoms with Crippen LogP contribution < -0.4 is 22.0 Å². The van der Waals surface area contributed by atoms with Crippen molar-refractivity contribution in [3.8, 4) is 0 Å². The third-order valence-electron chi connectivity index (χ3n) is 1.07. The van der Waals surface area contributed by atoms with E-state index in [1.165, 1.54) is 0 Å². The Morgan fingerprint density at radius 2 is 1.75 bits per heavy atom. The first-order valence-electron chi connectivity index (χ1n) is 2.51. The molecule has 1 rings (SSSR count). The molecule has 0 atom stereocenters. The first-order chi connectivity index (χ1) is 3.39. The van der Waals surface area contributed by atoms with Crippen molar-refractivity contribution in [1.29, 1.82) is 0 Å². The summed E-state index contributed by atoms with van der Waals surface area (Å²) in [6.45, 7) is 2.87. The molecule has 0 aliphatic carbocycles. The number of ether oxygens (including phenoxy) is 1. The molecule has 0 spiro atoms. The summed E-state index contributed by atoms with van der Waals surface area (Å²) in [4.78, 5) is 0. The van der Waals surface area contributed by atoms with Gasteiger partial charge in [-0.05, 0) is 0 Å². The highest BCUT2D eigenvalue weighted by Crippen LogP contribution is 1.71. The van der Waals surface area contributed by atoms with Gasteiger partial charge in [0.25, 0.3) is 0 Å². The van der Waals surface area contributed by atoms with Crippen molar-refractivity contribution in [2.45, 2.75) is 0 Å². The zero-order valence-electron chi connectivity index (χ0n) is 4.56. The topological polar surface area (TPSA) is 33.9 Å². The predicted molar refractivity (Wildman–Crippen MR) is 23.3 cm³/mol. The second-order valence-electron chi connectivity index (χ2n) is 1.68. The Labute approximate surface area is 59.0 Å². The molecule has 1 aliphatic rings. The van der Waals surface area contributed by atoms with Gasteiger partial charge in [-0.1, -0.05) is 0 Å². The van der Waals surface area contributed by atoms with Crippen LogP contribution in [0.3, 0.4) is 0 Å². The highest BCUT2D eigenvalue weighted by Gasteiger charge is 2.08. The van der Waals surface area contributed by atoms with Crippen LogP contribution >= 0.6 is 0 Å². The van der Waals surface area contributed by atoms with Gasteiger partial charge in [0.1, 0.15) is 13.1 Å². The maximum absolute atomic E-state index is 8.75. The van der Waals surface area contributed by atoms with E-state index < -0.39 is 0 Å². The first-order valence-corrected chi connectivity index (χ1v) is 2.51. The van der Waals surface area contributed by atoms with E-state index in [0.717, 1.165) is 13.1 Å². The summed E-state index contributed by atoms with van der Waals surface area (Å²) in [5, 5.41) is 9.33. The number of hydroxylamine groups is 2. The summed E-state index contributed by atoms with van der Waals surface area (Å²) in [6, 6.07) is 0. The third-order valence-corrected chi connectivity index (χ3v) is 1.07. The Hall–Kier alpha value is 0.360. The van der Waals surface area contributed by atoms with Crippen LogP contribution in [0.2, 0.25) is 0 Å². The van der Waals surface area contributed by atoms with E-state index in [1.54, 1.807) is 0 Å². The van der Waals surface area contributed by atoms with Gasteiger partial charge >= 0.3 is 0 Å². The Morgan fingerprint density at radius 3 is 2.00 bits per heavy atom. The lowest BCUT2D eigenvalue weighted by molar-refractivity contribution is -1.09. The minimum Gasteiger partial charge on any atom is -1.00 e. The van der Waals surface area contributed by atoms with Crippen molar-refractivity contribution < 1.29 is 32.0 Å². The fourth-order valence-corrected chi connectivity index (χ4v) is 0.607. The van der Waals surface area contributed by atoms with Gasteiger partial charge in [-0.3, -0.25) is 0 Å². The molecule has 4 heteroatoms. The molecule has 0 aromatic carbocycles. The number of hydrogen-bond donors (Lipinski definition) is 2.